The second-order valence-electron chi connectivity index (χ2n) is 6.77. The van der Waals surface area contributed by atoms with Crippen molar-refractivity contribution in [2.75, 3.05) is 18.0 Å². The molecule has 0 atom stereocenters. The van der Waals surface area contributed by atoms with Crippen LogP contribution < -0.4 is 9.64 Å². The van der Waals surface area contributed by atoms with Crippen molar-refractivity contribution in [1.82, 2.24) is 25.0 Å². The molecule has 0 aliphatic carbocycles. The van der Waals surface area contributed by atoms with Crippen LogP contribution in [0.3, 0.4) is 0 Å². The van der Waals surface area contributed by atoms with E-state index in [9.17, 15) is 8.78 Å². The normalized spacial score (nSPS) is 14.5. The summed E-state index contributed by atoms with van der Waals surface area (Å²) in [6, 6.07) is 8.17. The highest BCUT2D eigenvalue weighted by Gasteiger charge is 2.24. The first-order valence-corrected chi connectivity index (χ1v) is 9.10. The standard InChI is InChI=1S/C19H20F2N6O/c1-19(20,21)14-5-4-6-16(11-14)27-12-15(24-25-27)13-28-18-22-8-7-17(23-18)26-9-2-3-10-26/h4-8,11-12H,2-3,9-10,13H2,1H3. The molecule has 0 amide bonds. The Balaban J connectivity index is 1.44. The summed E-state index contributed by atoms with van der Waals surface area (Å²) >= 11 is 0. The smallest absolute Gasteiger partial charge is 0.318 e. The van der Waals surface area contributed by atoms with Gasteiger partial charge < -0.3 is 9.64 Å². The van der Waals surface area contributed by atoms with Crippen LogP contribution in [-0.2, 0) is 12.5 Å². The number of hydrogen-bond donors (Lipinski definition) is 0. The fourth-order valence-electron chi connectivity index (χ4n) is 3.07. The lowest BCUT2D eigenvalue weighted by molar-refractivity contribution is 0.0174. The minimum absolute atomic E-state index is 0.0783. The lowest BCUT2D eigenvalue weighted by Gasteiger charge is -2.16. The molecule has 9 heteroatoms. The Morgan fingerprint density at radius 1 is 1.18 bits per heavy atom. The number of alkyl halides is 2. The summed E-state index contributed by atoms with van der Waals surface area (Å²) in [6.07, 6.45) is 5.63. The van der Waals surface area contributed by atoms with Gasteiger partial charge in [0.15, 0.2) is 0 Å². The van der Waals surface area contributed by atoms with Crippen molar-refractivity contribution in [1.29, 1.82) is 0 Å². The maximum absolute atomic E-state index is 13.5. The molecule has 4 rings (SSSR count). The van der Waals surface area contributed by atoms with Gasteiger partial charge in [0, 0.05) is 31.8 Å². The summed E-state index contributed by atoms with van der Waals surface area (Å²) in [7, 11) is 0. The van der Waals surface area contributed by atoms with Crippen molar-refractivity contribution in [3.05, 3.63) is 54.0 Å². The molecule has 1 aliphatic rings. The Morgan fingerprint density at radius 2 is 2.00 bits per heavy atom. The lowest BCUT2D eigenvalue weighted by atomic mass is 10.1. The minimum atomic E-state index is -2.92. The van der Waals surface area contributed by atoms with Gasteiger partial charge in [0.25, 0.3) is 5.92 Å². The zero-order valence-electron chi connectivity index (χ0n) is 15.4. The molecule has 3 aromatic rings. The van der Waals surface area contributed by atoms with Crippen molar-refractivity contribution in [3.63, 3.8) is 0 Å². The average Bonchev–Trinajstić information content (AvgIpc) is 3.38. The topological polar surface area (TPSA) is 69.0 Å². The van der Waals surface area contributed by atoms with E-state index in [1.54, 1.807) is 24.5 Å². The van der Waals surface area contributed by atoms with E-state index < -0.39 is 5.92 Å². The van der Waals surface area contributed by atoms with Gasteiger partial charge in [-0.15, -0.1) is 5.10 Å². The van der Waals surface area contributed by atoms with Crippen LogP contribution in [0.4, 0.5) is 14.6 Å². The molecule has 1 aliphatic heterocycles. The molecule has 1 aromatic carbocycles. The van der Waals surface area contributed by atoms with Crippen molar-refractivity contribution in [2.24, 2.45) is 0 Å². The number of hydrogen-bond acceptors (Lipinski definition) is 6. The quantitative estimate of drug-likeness (QED) is 0.647. The van der Waals surface area contributed by atoms with E-state index in [1.165, 1.54) is 16.8 Å². The third-order valence-electron chi connectivity index (χ3n) is 4.56. The summed E-state index contributed by atoms with van der Waals surface area (Å²) in [5.74, 6) is -2.07. The summed E-state index contributed by atoms with van der Waals surface area (Å²) in [6.45, 7) is 2.97. The Hall–Kier alpha value is -3.10. The molecule has 3 heterocycles. The van der Waals surface area contributed by atoms with Crippen LogP contribution in [-0.4, -0.2) is 38.1 Å². The molecule has 2 aromatic heterocycles. The maximum atomic E-state index is 13.5. The molecule has 0 bridgehead atoms. The fourth-order valence-corrected chi connectivity index (χ4v) is 3.07. The highest BCUT2D eigenvalue weighted by atomic mass is 19.3. The van der Waals surface area contributed by atoms with E-state index in [4.69, 9.17) is 4.74 Å². The van der Waals surface area contributed by atoms with Crippen molar-refractivity contribution in [3.8, 4) is 11.7 Å². The van der Waals surface area contributed by atoms with Crippen LogP contribution in [0.1, 0.15) is 31.0 Å². The number of ether oxygens (including phenoxy) is 1. The Bertz CT molecular complexity index is 949. The van der Waals surface area contributed by atoms with E-state index in [2.05, 4.69) is 25.2 Å². The van der Waals surface area contributed by atoms with Gasteiger partial charge in [0.1, 0.15) is 18.1 Å². The number of nitrogens with zero attached hydrogens (tertiary/aromatic N) is 6. The number of benzene rings is 1. The Morgan fingerprint density at radius 3 is 2.79 bits per heavy atom. The predicted molar refractivity (Wildman–Crippen MR) is 98.7 cm³/mol. The van der Waals surface area contributed by atoms with Crippen LogP contribution in [0.5, 0.6) is 6.01 Å². The number of anilines is 1. The molecule has 1 saturated heterocycles. The Kier molecular flexibility index (Phi) is 4.89. The van der Waals surface area contributed by atoms with Crippen LogP contribution in [0.15, 0.2) is 42.7 Å². The van der Waals surface area contributed by atoms with Crippen molar-refractivity contribution >= 4 is 5.82 Å². The zero-order valence-corrected chi connectivity index (χ0v) is 15.4. The first-order chi connectivity index (χ1) is 13.5. The lowest BCUT2D eigenvalue weighted by Crippen LogP contribution is -2.19. The summed E-state index contributed by atoms with van der Waals surface area (Å²) in [5.41, 5.74) is 0.972. The third kappa shape index (κ3) is 4.08. The molecular weight excluding hydrogens is 366 g/mol. The first-order valence-electron chi connectivity index (χ1n) is 9.10. The van der Waals surface area contributed by atoms with Gasteiger partial charge in [0.2, 0.25) is 0 Å². The molecule has 0 unspecified atom stereocenters. The largest absolute Gasteiger partial charge is 0.457 e. The van der Waals surface area contributed by atoms with E-state index >= 15 is 0 Å². The molecule has 1 fully saturated rings. The van der Waals surface area contributed by atoms with Crippen molar-refractivity contribution < 1.29 is 13.5 Å². The maximum Gasteiger partial charge on any atom is 0.318 e. The number of rotatable bonds is 6. The summed E-state index contributed by atoms with van der Waals surface area (Å²) in [5, 5.41) is 8.03. The predicted octanol–water partition coefficient (Wildman–Crippen LogP) is 3.35. The van der Waals surface area contributed by atoms with Gasteiger partial charge in [-0.25, -0.2) is 18.4 Å². The van der Waals surface area contributed by atoms with Crippen LogP contribution >= 0.6 is 0 Å². The van der Waals surface area contributed by atoms with E-state index in [0.29, 0.717) is 11.4 Å². The number of aromatic nitrogens is 5. The Labute approximate surface area is 161 Å². The van der Waals surface area contributed by atoms with E-state index in [-0.39, 0.29) is 18.2 Å². The highest BCUT2D eigenvalue weighted by Crippen LogP contribution is 2.28. The molecule has 28 heavy (non-hydrogen) atoms. The molecular formula is C19H20F2N6O. The molecule has 0 N–H and O–H groups in total. The van der Waals surface area contributed by atoms with Crippen molar-refractivity contribution in [2.45, 2.75) is 32.3 Å². The molecule has 7 nitrogen and oxygen atoms in total. The number of halogens is 2. The first kappa shape index (κ1) is 18.3. The van der Waals surface area contributed by atoms with Gasteiger partial charge in [-0.2, -0.15) is 4.98 Å². The highest BCUT2D eigenvalue weighted by molar-refractivity contribution is 5.39. The van der Waals surface area contributed by atoms with Gasteiger partial charge in [0.05, 0.1) is 11.9 Å². The molecule has 0 radical (unpaired) electrons. The molecule has 0 saturated carbocycles. The second-order valence-corrected chi connectivity index (χ2v) is 6.77. The average molecular weight is 386 g/mol. The minimum Gasteiger partial charge on any atom is -0.457 e. The second kappa shape index (κ2) is 7.49. The van der Waals surface area contributed by atoms with Gasteiger partial charge in [-0.3, -0.25) is 0 Å². The molecule has 146 valence electrons. The van der Waals surface area contributed by atoms with E-state index in [1.807, 2.05) is 6.07 Å². The zero-order chi connectivity index (χ0) is 19.6. The fraction of sp³-hybridized carbons (Fsp3) is 0.368. The van der Waals surface area contributed by atoms with Crippen LogP contribution in [0, 0.1) is 0 Å². The monoisotopic (exact) mass is 386 g/mol. The molecule has 0 spiro atoms. The van der Waals surface area contributed by atoms with Gasteiger partial charge in [-0.1, -0.05) is 17.3 Å². The summed E-state index contributed by atoms with van der Waals surface area (Å²) in [4.78, 5) is 10.8. The SMILES string of the molecule is CC(F)(F)c1cccc(-n2cc(COc3nccc(N4CCCC4)n3)nn2)c1. The van der Waals surface area contributed by atoms with Gasteiger partial charge >= 0.3 is 6.01 Å². The third-order valence-corrected chi connectivity index (χ3v) is 4.56. The van der Waals surface area contributed by atoms with Gasteiger partial charge in [-0.05, 0) is 31.0 Å². The summed E-state index contributed by atoms with van der Waals surface area (Å²) < 4.78 is 34.1. The van der Waals surface area contributed by atoms with E-state index in [0.717, 1.165) is 38.7 Å². The van der Waals surface area contributed by atoms with Crippen LogP contribution in [0.2, 0.25) is 0 Å². The van der Waals surface area contributed by atoms with Crippen LogP contribution in [0.25, 0.3) is 5.69 Å².